The highest BCUT2D eigenvalue weighted by atomic mass is 16.5. The van der Waals surface area contributed by atoms with E-state index in [0.29, 0.717) is 19.4 Å². The van der Waals surface area contributed by atoms with Crippen LogP contribution in [0, 0.1) is 0 Å². The summed E-state index contributed by atoms with van der Waals surface area (Å²) in [5, 5.41) is 18.9. The highest BCUT2D eigenvalue weighted by Gasteiger charge is 2.27. The van der Waals surface area contributed by atoms with Crippen LogP contribution in [-0.4, -0.2) is 48.1 Å². The number of carbonyl (C=O) groups is 1. The second-order valence-corrected chi connectivity index (χ2v) is 8.13. The van der Waals surface area contributed by atoms with E-state index in [1.807, 2.05) is 33.0 Å². The van der Waals surface area contributed by atoms with Gasteiger partial charge in [-0.1, -0.05) is 6.07 Å². The molecule has 1 aromatic rings. The maximum Gasteiger partial charge on any atom is 0.305 e. The largest absolute Gasteiger partial charge is 0.469 e. The first-order chi connectivity index (χ1) is 12.5. The number of rotatable bonds is 11. The van der Waals surface area contributed by atoms with Crippen LogP contribution >= 0.6 is 0 Å². The average molecular weight is 382 g/mol. The zero-order chi connectivity index (χ0) is 20.7. The zero-order valence-electron chi connectivity index (χ0n) is 17.5. The Morgan fingerprint density at radius 2 is 1.59 bits per heavy atom. The number of hydrogen-bond acceptors (Lipinski definition) is 6. The second kappa shape index (κ2) is 10.1. The number of esters is 1. The molecule has 0 radical (unpaired) electrons. The summed E-state index contributed by atoms with van der Waals surface area (Å²) < 4.78 is 10.7. The minimum atomic E-state index is -0.399. The number of anilines is 1. The van der Waals surface area contributed by atoms with Gasteiger partial charge in [-0.15, -0.1) is 0 Å². The molecule has 0 unspecified atom stereocenters. The van der Waals surface area contributed by atoms with Crippen molar-refractivity contribution in [2.75, 3.05) is 25.7 Å². The van der Waals surface area contributed by atoms with Crippen LogP contribution < -0.4 is 4.90 Å². The summed E-state index contributed by atoms with van der Waals surface area (Å²) in [6.07, 6.45) is 1.72. The van der Waals surface area contributed by atoms with E-state index in [9.17, 15) is 15.0 Å². The molecule has 0 bridgehead atoms. The van der Waals surface area contributed by atoms with Crippen molar-refractivity contribution in [2.24, 2.45) is 0 Å². The predicted molar refractivity (Wildman–Crippen MR) is 107 cm³/mol. The Morgan fingerprint density at radius 1 is 1.04 bits per heavy atom. The molecule has 6 nitrogen and oxygen atoms in total. The van der Waals surface area contributed by atoms with Gasteiger partial charge in [-0.3, -0.25) is 4.79 Å². The summed E-state index contributed by atoms with van der Waals surface area (Å²) in [6.45, 7) is 8.64. The molecular formula is C21H35NO5. The van der Waals surface area contributed by atoms with Crippen molar-refractivity contribution in [1.29, 1.82) is 0 Å². The van der Waals surface area contributed by atoms with Gasteiger partial charge in [-0.2, -0.15) is 0 Å². The summed E-state index contributed by atoms with van der Waals surface area (Å²) >= 11 is 0. The number of ether oxygens (including phenoxy) is 2. The van der Waals surface area contributed by atoms with E-state index in [1.54, 1.807) is 6.07 Å². The molecular weight excluding hydrogens is 346 g/mol. The molecule has 1 rings (SSSR count). The Kier molecular flexibility index (Phi) is 8.72. The lowest BCUT2D eigenvalue weighted by molar-refractivity contribution is -0.142. The molecule has 0 fully saturated rings. The fourth-order valence-corrected chi connectivity index (χ4v) is 2.79. The fourth-order valence-electron chi connectivity index (χ4n) is 2.79. The van der Waals surface area contributed by atoms with Gasteiger partial charge in [0.05, 0.1) is 25.9 Å². The molecule has 2 N–H and O–H groups in total. The van der Waals surface area contributed by atoms with Crippen LogP contribution in [0.25, 0.3) is 0 Å². The van der Waals surface area contributed by atoms with Crippen molar-refractivity contribution >= 4 is 11.7 Å². The van der Waals surface area contributed by atoms with Gasteiger partial charge in [0, 0.05) is 31.3 Å². The van der Waals surface area contributed by atoms with Gasteiger partial charge in [-0.05, 0) is 63.8 Å². The molecule has 27 heavy (non-hydrogen) atoms. The number of hydrogen-bond donors (Lipinski definition) is 2. The number of carbonyl (C=O) groups excluding carboxylic acids is 1. The summed E-state index contributed by atoms with van der Waals surface area (Å²) in [7, 11) is 3.39. The normalized spacial score (nSPS) is 12.1. The summed E-state index contributed by atoms with van der Waals surface area (Å²) in [5.41, 5.74) is 1.91. The van der Waals surface area contributed by atoms with Crippen molar-refractivity contribution in [3.05, 3.63) is 29.3 Å². The van der Waals surface area contributed by atoms with E-state index in [4.69, 9.17) is 4.74 Å². The van der Waals surface area contributed by atoms with Crippen LogP contribution in [-0.2, 0) is 27.5 Å². The number of aliphatic hydroxyl groups excluding tert-OH is 2. The van der Waals surface area contributed by atoms with Gasteiger partial charge < -0.3 is 24.6 Å². The molecule has 6 heteroatoms. The number of nitrogens with zero attached hydrogens (tertiary/aromatic N) is 1. The third kappa shape index (κ3) is 7.48. The lowest BCUT2D eigenvalue weighted by Gasteiger charge is -2.39. The molecule has 0 atom stereocenters. The lowest BCUT2D eigenvalue weighted by atomic mass is 9.96. The highest BCUT2D eigenvalue weighted by molar-refractivity contribution is 5.69. The lowest BCUT2D eigenvalue weighted by Crippen LogP contribution is -2.43. The Bertz CT molecular complexity index is 590. The van der Waals surface area contributed by atoms with Crippen LogP contribution in [0.2, 0.25) is 0 Å². The molecule has 0 saturated carbocycles. The molecule has 0 aliphatic carbocycles. The topological polar surface area (TPSA) is 79.2 Å². The summed E-state index contributed by atoms with van der Waals surface area (Å²) in [4.78, 5) is 13.5. The summed E-state index contributed by atoms with van der Waals surface area (Å²) in [5.74, 6) is -0.227. The van der Waals surface area contributed by atoms with Gasteiger partial charge in [0.2, 0.25) is 0 Å². The number of methoxy groups -OCH3 is 1. The molecule has 0 spiro atoms. The number of aliphatic hydroxyl groups is 2. The highest BCUT2D eigenvalue weighted by Crippen LogP contribution is 2.28. The average Bonchev–Trinajstić information content (AvgIpc) is 2.64. The molecule has 154 valence electrons. The van der Waals surface area contributed by atoms with Crippen LogP contribution in [0.15, 0.2) is 18.2 Å². The van der Waals surface area contributed by atoms with Gasteiger partial charge in [0.1, 0.15) is 0 Å². The van der Waals surface area contributed by atoms with E-state index in [0.717, 1.165) is 23.2 Å². The minimum absolute atomic E-state index is 0.0629. The van der Waals surface area contributed by atoms with Crippen molar-refractivity contribution < 1.29 is 24.5 Å². The smallest absolute Gasteiger partial charge is 0.305 e. The SMILES string of the molecule is COC(=O)CCC(C)(C)OCCC(C)(C)N(C)c1cc(CO)cc(CO)c1. The molecule has 0 amide bonds. The van der Waals surface area contributed by atoms with Crippen molar-refractivity contribution in [3.8, 4) is 0 Å². The molecule has 0 saturated heterocycles. The molecule has 0 aromatic heterocycles. The second-order valence-electron chi connectivity index (χ2n) is 8.13. The Balaban J connectivity index is 2.70. The van der Waals surface area contributed by atoms with E-state index in [1.165, 1.54) is 7.11 Å². The monoisotopic (exact) mass is 381 g/mol. The first-order valence-electron chi connectivity index (χ1n) is 9.34. The molecule has 0 heterocycles. The number of benzene rings is 1. The summed E-state index contributed by atoms with van der Waals surface area (Å²) in [6, 6.07) is 5.67. The Labute approximate surface area is 163 Å². The van der Waals surface area contributed by atoms with Crippen LogP contribution in [0.3, 0.4) is 0 Å². The van der Waals surface area contributed by atoms with Gasteiger partial charge in [0.15, 0.2) is 0 Å². The minimum Gasteiger partial charge on any atom is -0.469 e. The van der Waals surface area contributed by atoms with Gasteiger partial charge in [-0.25, -0.2) is 0 Å². The maximum atomic E-state index is 11.3. The van der Waals surface area contributed by atoms with Crippen LogP contribution in [0.5, 0.6) is 0 Å². The Morgan fingerprint density at radius 3 is 2.07 bits per heavy atom. The van der Waals surface area contributed by atoms with E-state index in [-0.39, 0.29) is 24.7 Å². The molecule has 1 aromatic carbocycles. The van der Waals surface area contributed by atoms with Crippen molar-refractivity contribution in [3.63, 3.8) is 0 Å². The van der Waals surface area contributed by atoms with Gasteiger partial charge in [0.25, 0.3) is 0 Å². The van der Waals surface area contributed by atoms with Crippen LogP contribution in [0.4, 0.5) is 5.69 Å². The van der Waals surface area contributed by atoms with Crippen molar-refractivity contribution in [2.45, 2.75) is 71.3 Å². The van der Waals surface area contributed by atoms with Gasteiger partial charge >= 0.3 is 5.97 Å². The van der Waals surface area contributed by atoms with Crippen LogP contribution in [0.1, 0.15) is 58.1 Å². The quantitative estimate of drug-likeness (QED) is 0.574. The van der Waals surface area contributed by atoms with E-state index in [2.05, 4.69) is 23.5 Å². The first kappa shape index (κ1) is 23.4. The zero-order valence-corrected chi connectivity index (χ0v) is 17.5. The van der Waals surface area contributed by atoms with E-state index < -0.39 is 5.60 Å². The third-order valence-corrected chi connectivity index (χ3v) is 5.06. The van der Waals surface area contributed by atoms with Crippen molar-refractivity contribution in [1.82, 2.24) is 0 Å². The maximum absolute atomic E-state index is 11.3. The predicted octanol–water partition coefficient (Wildman–Crippen LogP) is 3.02. The Hall–Kier alpha value is -1.63. The van der Waals surface area contributed by atoms with E-state index >= 15 is 0 Å². The third-order valence-electron chi connectivity index (χ3n) is 5.06. The molecule has 0 aliphatic heterocycles. The standard InChI is InChI=1S/C21H35NO5/c1-20(2,9-10-27-21(3,4)8-7-19(25)26-6)22(5)18-12-16(14-23)11-17(13-18)15-24/h11-13,23-24H,7-10,14-15H2,1-6H3. The first-order valence-corrected chi connectivity index (χ1v) is 9.34. The fraction of sp³-hybridized carbons (Fsp3) is 0.667. The molecule has 0 aliphatic rings.